The summed E-state index contributed by atoms with van der Waals surface area (Å²) in [6.07, 6.45) is 3.12. The third-order valence-electron chi connectivity index (χ3n) is 3.62. The highest BCUT2D eigenvalue weighted by molar-refractivity contribution is 5.91. The second-order valence-electron chi connectivity index (χ2n) is 4.92. The van der Waals surface area contributed by atoms with E-state index < -0.39 is 4.92 Å². The molecule has 0 spiro atoms. The van der Waals surface area contributed by atoms with E-state index in [4.69, 9.17) is 4.42 Å². The fourth-order valence-corrected chi connectivity index (χ4v) is 2.51. The molecular formula is C14H15N4O4+. The molecule has 0 aliphatic carbocycles. The standard InChI is InChI=1S/C14H14N4O4/c19-14(12-4-2-10-22-12)17-8-6-16(7-9-17)13-11(18(20)21)3-1-5-15-13/h1-5,10H,6-9H2/p+1. The van der Waals surface area contributed by atoms with Gasteiger partial charge in [-0.25, -0.2) is 4.98 Å². The van der Waals surface area contributed by atoms with Gasteiger partial charge in [0.1, 0.15) is 13.1 Å². The number of nitrogens with one attached hydrogen (secondary N) is 1. The van der Waals surface area contributed by atoms with Crippen LogP contribution in [0.15, 0.2) is 41.1 Å². The van der Waals surface area contributed by atoms with Gasteiger partial charge in [-0.15, -0.1) is 0 Å². The Morgan fingerprint density at radius 3 is 2.64 bits per heavy atom. The summed E-state index contributed by atoms with van der Waals surface area (Å²) in [4.78, 5) is 29.3. The summed E-state index contributed by atoms with van der Waals surface area (Å²) in [6.45, 7) is 2.01. The van der Waals surface area contributed by atoms with Crippen LogP contribution in [0.4, 0.5) is 11.5 Å². The normalized spacial score (nSPS) is 14.9. The maximum atomic E-state index is 12.2. The second kappa shape index (κ2) is 5.84. The number of aromatic amines is 1. The van der Waals surface area contributed by atoms with Crippen LogP contribution < -0.4 is 9.88 Å². The first-order chi connectivity index (χ1) is 10.7. The molecule has 1 N–H and O–H groups in total. The smallest absolute Gasteiger partial charge is 0.357 e. The highest BCUT2D eigenvalue weighted by atomic mass is 16.6. The first-order valence-electron chi connectivity index (χ1n) is 6.89. The summed E-state index contributed by atoms with van der Waals surface area (Å²) < 4.78 is 5.11. The van der Waals surface area contributed by atoms with Gasteiger partial charge in [0.2, 0.25) is 0 Å². The zero-order chi connectivity index (χ0) is 15.5. The molecule has 2 aromatic rings. The molecular weight excluding hydrogens is 288 g/mol. The highest BCUT2D eigenvalue weighted by Gasteiger charge is 2.32. The monoisotopic (exact) mass is 303 g/mol. The zero-order valence-electron chi connectivity index (χ0n) is 11.8. The van der Waals surface area contributed by atoms with Gasteiger partial charge in [-0.2, -0.15) is 0 Å². The maximum Gasteiger partial charge on any atom is 0.357 e. The molecule has 114 valence electrons. The van der Waals surface area contributed by atoms with Crippen molar-refractivity contribution in [2.45, 2.75) is 0 Å². The van der Waals surface area contributed by atoms with Gasteiger partial charge in [0, 0.05) is 6.07 Å². The third-order valence-corrected chi connectivity index (χ3v) is 3.62. The van der Waals surface area contributed by atoms with E-state index in [0.717, 1.165) is 0 Å². The molecule has 0 unspecified atom stereocenters. The first-order valence-corrected chi connectivity index (χ1v) is 6.89. The molecule has 1 amide bonds. The summed E-state index contributed by atoms with van der Waals surface area (Å²) in [6, 6.07) is 6.36. The molecule has 0 bridgehead atoms. The van der Waals surface area contributed by atoms with Crippen molar-refractivity contribution in [1.82, 2.24) is 4.90 Å². The average molecular weight is 303 g/mol. The Hall–Kier alpha value is -2.90. The van der Waals surface area contributed by atoms with Crippen LogP contribution in [-0.4, -0.2) is 41.9 Å². The van der Waals surface area contributed by atoms with E-state index in [9.17, 15) is 14.9 Å². The van der Waals surface area contributed by atoms with Crippen LogP contribution in [0.2, 0.25) is 0 Å². The number of carbonyl (C=O) groups excluding carboxylic acids is 1. The largest absolute Gasteiger partial charge is 0.459 e. The molecule has 0 radical (unpaired) electrons. The molecule has 8 heteroatoms. The number of H-pyrrole nitrogens is 1. The van der Waals surface area contributed by atoms with Crippen LogP contribution in [-0.2, 0) is 0 Å². The Labute approximate surface area is 126 Å². The Morgan fingerprint density at radius 1 is 1.23 bits per heavy atom. The maximum absolute atomic E-state index is 12.2. The number of piperazine rings is 1. The molecule has 1 fully saturated rings. The fourth-order valence-electron chi connectivity index (χ4n) is 2.51. The van der Waals surface area contributed by atoms with Gasteiger partial charge in [0.05, 0.1) is 30.5 Å². The minimum absolute atomic E-state index is 0.0355. The predicted octanol–water partition coefficient (Wildman–Crippen LogP) is 0.964. The quantitative estimate of drug-likeness (QED) is 0.622. The van der Waals surface area contributed by atoms with Crippen molar-refractivity contribution < 1.29 is 19.1 Å². The lowest BCUT2D eigenvalue weighted by atomic mass is 10.2. The van der Waals surface area contributed by atoms with Crippen molar-refractivity contribution in [3.8, 4) is 0 Å². The number of carbonyl (C=O) groups is 1. The van der Waals surface area contributed by atoms with Crippen molar-refractivity contribution >= 4 is 17.4 Å². The fraction of sp³-hybridized carbons (Fsp3) is 0.286. The number of rotatable bonds is 3. The first kappa shape index (κ1) is 14.1. The third kappa shape index (κ3) is 2.62. The molecule has 3 rings (SSSR count). The Kier molecular flexibility index (Phi) is 3.73. The van der Waals surface area contributed by atoms with Crippen LogP contribution in [0.5, 0.6) is 0 Å². The van der Waals surface area contributed by atoms with Gasteiger partial charge in [-0.3, -0.25) is 19.8 Å². The minimum Gasteiger partial charge on any atom is -0.459 e. The van der Waals surface area contributed by atoms with E-state index in [-0.39, 0.29) is 11.6 Å². The topological polar surface area (TPSA) is 94.0 Å². The van der Waals surface area contributed by atoms with Gasteiger partial charge in [0.25, 0.3) is 5.91 Å². The number of nitro groups is 1. The van der Waals surface area contributed by atoms with E-state index >= 15 is 0 Å². The van der Waals surface area contributed by atoms with Gasteiger partial charge in [0.15, 0.2) is 5.76 Å². The van der Waals surface area contributed by atoms with Crippen molar-refractivity contribution in [3.63, 3.8) is 0 Å². The van der Waals surface area contributed by atoms with E-state index in [2.05, 4.69) is 4.98 Å². The number of nitrogens with zero attached hydrogens (tertiary/aromatic N) is 3. The van der Waals surface area contributed by atoms with E-state index in [1.807, 2.05) is 4.90 Å². The van der Waals surface area contributed by atoms with Crippen LogP contribution in [0, 0.1) is 10.1 Å². The van der Waals surface area contributed by atoms with Gasteiger partial charge >= 0.3 is 11.5 Å². The van der Waals surface area contributed by atoms with Crippen molar-refractivity contribution in [1.29, 1.82) is 0 Å². The Balaban J connectivity index is 1.70. The molecule has 1 aliphatic heterocycles. The lowest BCUT2D eigenvalue weighted by molar-refractivity contribution is -0.411. The molecule has 2 aromatic heterocycles. The summed E-state index contributed by atoms with van der Waals surface area (Å²) in [5, 5.41) is 11.1. The number of aromatic nitrogens is 1. The number of hydrogen-bond donors (Lipinski definition) is 0. The second-order valence-corrected chi connectivity index (χ2v) is 4.92. The zero-order valence-corrected chi connectivity index (χ0v) is 11.8. The summed E-state index contributed by atoms with van der Waals surface area (Å²) in [5.41, 5.74) is 0.0355. The van der Waals surface area contributed by atoms with Crippen LogP contribution in [0.25, 0.3) is 0 Å². The minimum atomic E-state index is -0.411. The summed E-state index contributed by atoms with van der Waals surface area (Å²) in [7, 11) is 0. The molecule has 1 aliphatic rings. The van der Waals surface area contributed by atoms with Gasteiger partial charge in [-0.05, 0) is 18.2 Å². The van der Waals surface area contributed by atoms with Gasteiger partial charge < -0.3 is 9.32 Å². The molecule has 0 atom stereocenters. The molecule has 0 saturated carbocycles. The molecule has 1 saturated heterocycles. The van der Waals surface area contributed by atoms with Gasteiger partial charge in [-0.1, -0.05) is 0 Å². The van der Waals surface area contributed by atoms with E-state index in [1.165, 1.54) is 12.3 Å². The Morgan fingerprint density at radius 2 is 2.00 bits per heavy atom. The SMILES string of the molecule is O=C(c1ccco1)N1CCN(c2[nH+]cccc2[N+](=O)[O-])CC1. The molecule has 8 nitrogen and oxygen atoms in total. The van der Waals surface area contributed by atoms with Crippen molar-refractivity contribution in [3.05, 3.63) is 52.6 Å². The number of amides is 1. The average Bonchev–Trinajstić information content (AvgIpc) is 3.09. The van der Waals surface area contributed by atoms with Crippen LogP contribution >= 0.6 is 0 Å². The number of pyridine rings is 1. The lowest BCUT2D eigenvalue weighted by Crippen LogP contribution is -2.50. The molecule has 0 aromatic carbocycles. The van der Waals surface area contributed by atoms with Crippen molar-refractivity contribution in [2.24, 2.45) is 0 Å². The van der Waals surface area contributed by atoms with Crippen molar-refractivity contribution in [2.75, 3.05) is 31.1 Å². The van der Waals surface area contributed by atoms with E-state index in [1.54, 1.807) is 29.3 Å². The highest BCUT2D eigenvalue weighted by Crippen LogP contribution is 2.23. The number of anilines is 1. The lowest BCUT2D eigenvalue weighted by Gasteiger charge is -2.30. The summed E-state index contributed by atoms with van der Waals surface area (Å²) >= 11 is 0. The summed E-state index contributed by atoms with van der Waals surface area (Å²) in [5.74, 6) is 0.625. The molecule has 3 heterocycles. The molecule has 22 heavy (non-hydrogen) atoms. The predicted molar refractivity (Wildman–Crippen MR) is 76.5 cm³/mol. The van der Waals surface area contributed by atoms with Crippen LogP contribution in [0.3, 0.4) is 0 Å². The number of furan rings is 1. The Bertz CT molecular complexity index is 678. The number of hydrogen-bond acceptors (Lipinski definition) is 5. The van der Waals surface area contributed by atoms with Crippen LogP contribution in [0.1, 0.15) is 10.6 Å². The van der Waals surface area contributed by atoms with E-state index in [0.29, 0.717) is 37.8 Å².